The highest BCUT2D eigenvalue weighted by molar-refractivity contribution is 6.34. The van der Waals surface area contributed by atoms with Gasteiger partial charge in [0.05, 0.1) is 23.7 Å². The maximum atomic E-state index is 16.9. The number of piperazine rings is 1. The van der Waals surface area contributed by atoms with Gasteiger partial charge in [-0.1, -0.05) is 42.8 Å². The van der Waals surface area contributed by atoms with Crippen molar-refractivity contribution in [3.63, 3.8) is 0 Å². The van der Waals surface area contributed by atoms with Crippen LogP contribution in [0.25, 0.3) is 28.1 Å². The minimum absolute atomic E-state index is 0.0173. The molecule has 2 aliphatic heterocycles. The van der Waals surface area contributed by atoms with E-state index in [4.69, 9.17) is 26.1 Å². The van der Waals surface area contributed by atoms with Crippen molar-refractivity contribution >= 4 is 40.5 Å². The molecule has 0 saturated carbocycles. The Morgan fingerprint density at radius 3 is 2.60 bits per heavy atom. The Kier molecular flexibility index (Phi) is 9.36. The lowest BCUT2D eigenvalue weighted by Crippen LogP contribution is -2.57. The third kappa shape index (κ3) is 6.90. The fourth-order valence-corrected chi connectivity index (χ4v) is 7.05. The number of rotatable bonds is 8. The molecule has 1 amide bonds. The standard InChI is InChI=1S/C36H43ClFN5O4/c1-6-41(5)15-10-16-46-34-39-32-28(33(40-34)42-20-23-13-14-24(21-42)43(23)35(45)47-36(2,3)4)19-29(37)30(31(32)38)27-18-25(44)17-22-11-8-7-9-12-26(22)27/h7-9,11,17-19,23-24,44H,6,10,12-16,20-21H2,1-5H3. The molecule has 3 aromatic rings. The second-order valence-corrected chi connectivity index (χ2v) is 14.0. The fourth-order valence-electron chi connectivity index (χ4n) is 6.76. The lowest BCUT2D eigenvalue weighted by molar-refractivity contribution is 0.0122. The number of allylic oxidation sites excluding steroid dienone is 3. The lowest BCUT2D eigenvalue weighted by Gasteiger charge is -2.42. The molecule has 2 fully saturated rings. The number of ether oxygens (including phenoxy) is 2. The first-order valence-electron chi connectivity index (χ1n) is 16.4. The van der Waals surface area contributed by atoms with Gasteiger partial charge < -0.3 is 24.4 Å². The van der Waals surface area contributed by atoms with E-state index in [1.165, 1.54) is 0 Å². The van der Waals surface area contributed by atoms with Crippen molar-refractivity contribution in [3.05, 3.63) is 58.4 Å². The van der Waals surface area contributed by atoms with Crippen molar-refractivity contribution in [1.29, 1.82) is 0 Å². The van der Waals surface area contributed by atoms with E-state index in [9.17, 15) is 9.90 Å². The summed E-state index contributed by atoms with van der Waals surface area (Å²) < 4.78 is 28.7. The van der Waals surface area contributed by atoms with Crippen LogP contribution in [0.3, 0.4) is 0 Å². The largest absolute Gasteiger partial charge is 0.508 e. The molecule has 2 bridgehead atoms. The number of carbonyl (C=O) groups is 1. The summed E-state index contributed by atoms with van der Waals surface area (Å²) in [6.07, 6.45) is 10.4. The molecular weight excluding hydrogens is 621 g/mol. The molecule has 0 spiro atoms. The van der Waals surface area contributed by atoms with Crippen LogP contribution in [0.2, 0.25) is 5.02 Å². The molecule has 9 nitrogen and oxygen atoms in total. The number of hydrogen-bond donors (Lipinski definition) is 1. The molecule has 1 aromatic heterocycles. The van der Waals surface area contributed by atoms with E-state index >= 15 is 4.39 Å². The van der Waals surface area contributed by atoms with Gasteiger partial charge in [0, 0.05) is 30.6 Å². The first kappa shape index (κ1) is 33.0. The molecule has 1 aliphatic carbocycles. The molecule has 2 aromatic carbocycles. The SMILES string of the molecule is CCN(C)CCCOc1nc(N2CC3CCC(C2)N3C(=O)OC(C)(C)C)c2cc(Cl)c(-c3cc(O)cc4c3CC=CC=C4)c(F)c2n1. The molecule has 6 rings (SSSR count). The van der Waals surface area contributed by atoms with E-state index in [2.05, 4.69) is 21.7 Å². The van der Waals surface area contributed by atoms with Crippen LogP contribution in [0.5, 0.6) is 11.8 Å². The van der Waals surface area contributed by atoms with Gasteiger partial charge in [-0.15, -0.1) is 0 Å². The Morgan fingerprint density at radius 2 is 1.89 bits per heavy atom. The van der Waals surface area contributed by atoms with Crippen molar-refractivity contribution in [2.24, 2.45) is 0 Å². The third-order valence-electron chi connectivity index (χ3n) is 9.07. The van der Waals surface area contributed by atoms with E-state index in [0.29, 0.717) is 42.9 Å². The summed E-state index contributed by atoms with van der Waals surface area (Å²) in [6.45, 7) is 10.8. The number of carbonyl (C=O) groups excluding carboxylic acids is 1. The predicted octanol–water partition coefficient (Wildman–Crippen LogP) is 7.23. The Bertz CT molecular complexity index is 1730. The summed E-state index contributed by atoms with van der Waals surface area (Å²) in [5.41, 5.74) is 1.83. The zero-order valence-electron chi connectivity index (χ0n) is 27.7. The summed E-state index contributed by atoms with van der Waals surface area (Å²) in [5.74, 6) is -0.0694. The van der Waals surface area contributed by atoms with Gasteiger partial charge in [0.25, 0.3) is 0 Å². The van der Waals surface area contributed by atoms with Crippen LogP contribution in [0.15, 0.2) is 36.4 Å². The molecule has 1 N–H and O–H groups in total. The molecule has 250 valence electrons. The minimum atomic E-state index is -0.605. The van der Waals surface area contributed by atoms with Crippen molar-refractivity contribution in [2.45, 2.75) is 71.1 Å². The van der Waals surface area contributed by atoms with Crippen LogP contribution in [0.4, 0.5) is 15.0 Å². The van der Waals surface area contributed by atoms with E-state index < -0.39 is 11.4 Å². The number of amides is 1. The molecule has 2 atom stereocenters. The monoisotopic (exact) mass is 663 g/mol. The van der Waals surface area contributed by atoms with Crippen LogP contribution in [-0.2, 0) is 11.2 Å². The number of benzene rings is 2. The highest BCUT2D eigenvalue weighted by Gasteiger charge is 2.45. The topological polar surface area (TPSA) is 91.3 Å². The highest BCUT2D eigenvalue weighted by Crippen LogP contribution is 2.43. The zero-order valence-corrected chi connectivity index (χ0v) is 28.5. The Labute approximate surface area is 280 Å². The average molecular weight is 664 g/mol. The van der Waals surface area contributed by atoms with Gasteiger partial charge in [-0.05, 0) is 94.9 Å². The second kappa shape index (κ2) is 13.3. The maximum Gasteiger partial charge on any atom is 0.410 e. The third-order valence-corrected chi connectivity index (χ3v) is 9.37. The highest BCUT2D eigenvalue weighted by atomic mass is 35.5. The fraction of sp³-hybridized carbons (Fsp3) is 0.472. The van der Waals surface area contributed by atoms with Crippen LogP contribution in [0, 0.1) is 5.82 Å². The summed E-state index contributed by atoms with van der Waals surface area (Å²) in [5, 5.41) is 11.3. The lowest BCUT2D eigenvalue weighted by atomic mass is 9.92. The van der Waals surface area contributed by atoms with Crippen LogP contribution >= 0.6 is 11.6 Å². The van der Waals surface area contributed by atoms with Crippen LogP contribution in [0.1, 0.15) is 58.1 Å². The Morgan fingerprint density at radius 1 is 1.15 bits per heavy atom. The summed E-state index contributed by atoms with van der Waals surface area (Å²) in [6, 6.07) is 4.87. The Balaban J connectivity index is 1.42. The van der Waals surface area contributed by atoms with E-state index in [0.717, 1.165) is 43.5 Å². The quantitative estimate of drug-likeness (QED) is 0.253. The minimum Gasteiger partial charge on any atom is -0.508 e. The first-order valence-corrected chi connectivity index (χ1v) is 16.8. The maximum absolute atomic E-state index is 16.9. The zero-order chi connectivity index (χ0) is 33.5. The van der Waals surface area contributed by atoms with Gasteiger partial charge in [-0.2, -0.15) is 9.97 Å². The Hall–Kier alpha value is -3.89. The average Bonchev–Trinajstić information content (AvgIpc) is 3.15. The number of nitrogens with zero attached hydrogens (tertiary/aromatic N) is 5. The number of fused-ring (bicyclic) bond motifs is 4. The normalized spacial score (nSPS) is 19.0. The van der Waals surface area contributed by atoms with Gasteiger partial charge in [-0.3, -0.25) is 4.90 Å². The van der Waals surface area contributed by atoms with Gasteiger partial charge in [0.1, 0.15) is 22.7 Å². The molecule has 0 radical (unpaired) electrons. The number of halogens is 2. The van der Waals surface area contributed by atoms with E-state index in [1.54, 1.807) is 18.2 Å². The first-order chi connectivity index (χ1) is 22.4. The number of phenols is 1. The predicted molar refractivity (Wildman–Crippen MR) is 184 cm³/mol. The molecule has 3 aliphatic rings. The molecule has 2 saturated heterocycles. The van der Waals surface area contributed by atoms with Crippen molar-refractivity contribution in [3.8, 4) is 22.9 Å². The van der Waals surface area contributed by atoms with Gasteiger partial charge >= 0.3 is 12.1 Å². The van der Waals surface area contributed by atoms with Gasteiger partial charge in [-0.25, -0.2) is 9.18 Å². The molecule has 47 heavy (non-hydrogen) atoms. The van der Waals surface area contributed by atoms with Crippen molar-refractivity contribution in [1.82, 2.24) is 19.8 Å². The van der Waals surface area contributed by atoms with Gasteiger partial charge in [0.2, 0.25) is 0 Å². The number of phenolic OH excluding ortho intramolecular Hbond substituents is 1. The summed E-state index contributed by atoms with van der Waals surface area (Å²) in [4.78, 5) is 28.7. The molecule has 11 heteroatoms. The molecule has 3 heterocycles. The smallest absolute Gasteiger partial charge is 0.410 e. The van der Waals surface area contributed by atoms with E-state index in [-0.39, 0.29) is 46.0 Å². The number of anilines is 1. The number of aromatic nitrogens is 2. The summed E-state index contributed by atoms with van der Waals surface area (Å²) in [7, 11) is 2.05. The molecular formula is C36H43ClFN5O4. The van der Waals surface area contributed by atoms with Gasteiger partial charge in [0.15, 0.2) is 5.82 Å². The van der Waals surface area contributed by atoms with Crippen molar-refractivity contribution < 1.29 is 23.8 Å². The number of hydrogen-bond acceptors (Lipinski definition) is 8. The van der Waals surface area contributed by atoms with Crippen LogP contribution < -0.4 is 9.64 Å². The van der Waals surface area contributed by atoms with Crippen LogP contribution in [-0.4, -0.2) is 88.5 Å². The summed E-state index contributed by atoms with van der Waals surface area (Å²) >= 11 is 6.93. The van der Waals surface area contributed by atoms with E-state index in [1.807, 2.05) is 57.0 Å². The second-order valence-electron chi connectivity index (χ2n) is 13.6. The number of aromatic hydroxyl groups is 1. The molecule has 2 unspecified atom stereocenters. The van der Waals surface area contributed by atoms with Crippen molar-refractivity contribution in [2.75, 3.05) is 44.7 Å².